The minimum absolute atomic E-state index is 0.343. The molecule has 0 radical (unpaired) electrons. The summed E-state index contributed by atoms with van der Waals surface area (Å²) in [6.45, 7) is 8.05. The van der Waals surface area contributed by atoms with Gasteiger partial charge in [-0.2, -0.15) is 0 Å². The van der Waals surface area contributed by atoms with Crippen molar-refractivity contribution in [2.24, 2.45) is 5.73 Å². The molecule has 3 heteroatoms. The maximum Gasteiger partial charge on any atom is 0.330 e. The van der Waals surface area contributed by atoms with E-state index >= 15 is 0 Å². The lowest BCUT2D eigenvalue weighted by atomic mass is 9.91. The highest BCUT2D eigenvalue weighted by atomic mass is 16.5. The molecule has 0 saturated carbocycles. The van der Waals surface area contributed by atoms with E-state index < -0.39 is 11.5 Å². The molecule has 1 aromatic rings. The fourth-order valence-electron chi connectivity index (χ4n) is 1.61. The van der Waals surface area contributed by atoms with Gasteiger partial charge in [0.1, 0.15) is 5.54 Å². The van der Waals surface area contributed by atoms with E-state index in [4.69, 9.17) is 10.5 Å². The molecule has 1 unspecified atom stereocenters. The number of esters is 1. The third-order valence-electron chi connectivity index (χ3n) is 2.88. The van der Waals surface area contributed by atoms with Crippen LogP contribution in [0.5, 0.6) is 0 Å². The van der Waals surface area contributed by atoms with Gasteiger partial charge in [0.2, 0.25) is 0 Å². The highest BCUT2D eigenvalue weighted by Crippen LogP contribution is 2.22. The van der Waals surface area contributed by atoms with Crippen molar-refractivity contribution in [2.45, 2.75) is 39.2 Å². The molecule has 0 aliphatic carbocycles. The Labute approximate surface area is 103 Å². The van der Waals surface area contributed by atoms with Crippen molar-refractivity contribution in [1.29, 1.82) is 0 Å². The van der Waals surface area contributed by atoms with Gasteiger partial charge in [-0.1, -0.05) is 38.1 Å². The molecule has 0 heterocycles. The Bertz CT molecular complexity index is 380. The average molecular weight is 235 g/mol. The lowest BCUT2D eigenvalue weighted by molar-refractivity contribution is -0.149. The van der Waals surface area contributed by atoms with Crippen molar-refractivity contribution in [1.82, 2.24) is 0 Å². The summed E-state index contributed by atoms with van der Waals surface area (Å²) in [6, 6.07) is 7.80. The molecule has 0 aromatic heterocycles. The largest absolute Gasteiger partial charge is 0.464 e. The molecule has 0 aliphatic heterocycles. The molecule has 0 fully saturated rings. The number of hydrogen-bond donors (Lipinski definition) is 1. The number of carbonyl (C=O) groups excluding carboxylic acids is 1. The molecule has 0 saturated heterocycles. The molecule has 2 N–H and O–H groups in total. The smallest absolute Gasteiger partial charge is 0.330 e. The van der Waals surface area contributed by atoms with Crippen LogP contribution in [0.1, 0.15) is 44.7 Å². The van der Waals surface area contributed by atoms with E-state index in [2.05, 4.69) is 13.8 Å². The van der Waals surface area contributed by atoms with Crippen LogP contribution in [0.25, 0.3) is 0 Å². The Morgan fingerprint density at radius 1 is 1.35 bits per heavy atom. The summed E-state index contributed by atoms with van der Waals surface area (Å²) in [7, 11) is 0. The summed E-state index contributed by atoms with van der Waals surface area (Å²) < 4.78 is 4.97. The molecule has 94 valence electrons. The van der Waals surface area contributed by atoms with Gasteiger partial charge in [0.05, 0.1) is 6.61 Å². The van der Waals surface area contributed by atoms with Gasteiger partial charge in [0.25, 0.3) is 0 Å². The van der Waals surface area contributed by atoms with Crippen LogP contribution in [0.4, 0.5) is 0 Å². The molecule has 0 bridgehead atoms. The van der Waals surface area contributed by atoms with Gasteiger partial charge < -0.3 is 10.5 Å². The third-order valence-corrected chi connectivity index (χ3v) is 2.88. The topological polar surface area (TPSA) is 52.3 Å². The predicted octanol–water partition coefficient (Wildman–Crippen LogP) is 2.55. The average Bonchev–Trinajstić information content (AvgIpc) is 2.29. The quantitative estimate of drug-likeness (QED) is 0.816. The van der Waals surface area contributed by atoms with E-state index in [1.807, 2.05) is 24.3 Å². The van der Waals surface area contributed by atoms with E-state index in [0.717, 1.165) is 5.56 Å². The molecule has 1 aromatic carbocycles. The predicted molar refractivity (Wildman–Crippen MR) is 68.7 cm³/mol. The van der Waals surface area contributed by atoms with Crippen molar-refractivity contribution in [3.63, 3.8) is 0 Å². The Kier molecular flexibility index (Phi) is 4.29. The van der Waals surface area contributed by atoms with Gasteiger partial charge >= 0.3 is 5.97 Å². The minimum Gasteiger partial charge on any atom is -0.464 e. The summed E-state index contributed by atoms with van der Waals surface area (Å²) in [4.78, 5) is 11.7. The maximum atomic E-state index is 11.7. The lowest BCUT2D eigenvalue weighted by Gasteiger charge is -2.23. The Morgan fingerprint density at radius 3 is 2.29 bits per heavy atom. The first kappa shape index (κ1) is 13.7. The molecule has 3 nitrogen and oxygen atoms in total. The van der Waals surface area contributed by atoms with Crippen LogP contribution in [0, 0.1) is 0 Å². The van der Waals surface area contributed by atoms with Crippen LogP contribution < -0.4 is 5.73 Å². The van der Waals surface area contributed by atoms with Crippen molar-refractivity contribution in [2.75, 3.05) is 6.61 Å². The fourth-order valence-corrected chi connectivity index (χ4v) is 1.61. The fraction of sp³-hybridized carbons (Fsp3) is 0.500. The monoisotopic (exact) mass is 235 g/mol. The molecule has 1 atom stereocenters. The van der Waals surface area contributed by atoms with Crippen LogP contribution in [-0.2, 0) is 15.1 Å². The number of hydrogen-bond acceptors (Lipinski definition) is 3. The number of ether oxygens (including phenoxy) is 1. The molecule has 1 rings (SSSR count). The second kappa shape index (κ2) is 5.32. The first-order valence-corrected chi connectivity index (χ1v) is 5.96. The van der Waals surface area contributed by atoms with E-state index in [1.165, 1.54) is 5.56 Å². The summed E-state index contributed by atoms with van der Waals surface area (Å²) in [5.41, 5.74) is 6.95. The number of rotatable bonds is 4. The van der Waals surface area contributed by atoms with Gasteiger partial charge in [-0.3, -0.25) is 0 Å². The number of nitrogens with two attached hydrogens (primary N) is 1. The zero-order chi connectivity index (χ0) is 13.1. The van der Waals surface area contributed by atoms with Crippen molar-refractivity contribution >= 4 is 5.97 Å². The van der Waals surface area contributed by atoms with Crippen molar-refractivity contribution < 1.29 is 9.53 Å². The lowest BCUT2D eigenvalue weighted by Crippen LogP contribution is -2.43. The van der Waals surface area contributed by atoms with Gasteiger partial charge in [0, 0.05) is 0 Å². The zero-order valence-electron chi connectivity index (χ0n) is 11.0. The molecular formula is C14H21NO2. The first-order valence-electron chi connectivity index (χ1n) is 5.96. The molecule has 0 amide bonds. The van der Waals surface area contributed by atoms with E-state index in [0.29, 0.717) is 12.5 Å². The van der Waals surface area contributed by atoms with Gasteiger partial charge in [0.15, 0.2) is 0 Å². The molecular weight excluding hydrogens is 214 g/mol. The van der Waals surface area contributed by atoms with E-state index in [-0.39, 0.29) is 0 Å². The van der Waals surface area contributed by atoms with E-state index in [9.17, 15) is 4.79 Å². The normalized spacial score (nSPS) is 14.5. The van der Waals surface area contributed by atoms with E-state index in [1.54, 1.807) is 13.8 Å². The van der Waals surface area contributed by atoms with Crippen LogP contribution in [-0.4, -0.2) is 12.6 Å². The van der Waals surface area contributed by atoms with Crippen LogP contribution in [0.15, 0.2) is 24.3 Å². The second-order valence-electron chi connectivity index (χ2n) is 4.70. The summed E-state index contributed by atoms with van der Waals surface area (Å²) in [6.07, 6.45) is 0. The standard InChI is InChI=1S/C14H21NO2/c1-5-17-13(16)14(4,15)12-8-6-11(7-9-12)10(2)3/h6-10H,5,15H2,1-4H3. The van der Waals surface area contributed by atoms with Crippen molar-refractivity contribution in [3.8, 4) is 0 Å². The molecule has 0 aliphatic rings. The molecule has 0 spiro atoms. The summed E-state index contributed by atoms with van der Waals surface area (Å²) in [5, 5.41) is 0. The Morgan fingerprint density at radius 2 is 1.88 bits per heavy atom. The summed E-state index contributed by atoms with van der Waals surface area (Å²) in [5.74, 6) is 0.0768. The van der Waals surface area contributed by atoms with Crippen LogP contribution in [0.2, 0.25) is 0 Å². The van der Waals surface area contributed by atoms with Crippen LogP contribution in [0.3, 0.4) is 0 Å². The first-order chi connectivity index (χ1) is 7.89. The molecule has 17 heavy (non-hydrogen) atoms. The highest BCUT2D eigenvalue weighted by molar-refractivity contribution is 5.81. The second-order valence-corrected chi connectivity index (χ2v) is 4.70. The maximum absolute atomic E-state index is 11.7. The third kappa shape index (κ3) is 3.07. The van der Waals surface area contributed by atoms with Crippen molar-refractivity contribution in [3.05, 3.63) is 35.4 Å². The van der Waals surface area contributed by atoms with Gasteiger partial charge in [-0.05, 0) is 30.9 Å². The summed E-state index contributed by atoms with van der Waals surface area (Å²) >= 11 is 0. The van der Waals surface area contributed by atoms with Gasteiger partial charge in [-0.15, -0.1) is 0 Å². The van der Waals surface area contributed by atoms with Gasteiger partial charge in [-0.25, -0.2) is 4.79 Å². The minimum atomic E-state index is -1.08. The SMILES string of the molecule is CCOC(=O)C(C)(N)c1ccc(C(C)C)cc1. The Hall–Kier alpha value is -1.35. The Balaban J connectivity index is 2.95. The number of carbonyl (C=O) groups is 1. The number of benzene rings is 1. The highest BCUT2D eigenvalue weighted by Gasteiger charge is 2.31. The van der Waals surface area contributed by atoms with Crippen LogP contribution >= 0.6 is 0 Å². The zero-order valence-corrected chi connectivity index (χ0v) is 11.0.